The van der Waals surface area contributed by atoms with E-state index < -0.39 is 0 Å². The van der Waals surface area contributed by atoms with E-state index in [0.717, 1.165) is 30.8 Å². The standard InChI is InChI=1S/C12H16FNOS/c1-16-10-2-3-12(11(13)8-10)15-9-4-6-14-7-5-9/h2-3,8-9,14H,4-7H2,1H3. The molecule has 0 aliphatic carbocycles. The van der Waals surface area contributed by atoms with Crippen LogP contribution in [-0.2, 0) is 0 Å². The number of piperidine rings is 1. The number of thioether (sulfide) groups is 1. The molecule has 1 saturated heterocycles. The molecule has 1 aromatic rings. The fourth-order valence-electron chi connectivity index (χ4n) is 1.80. The van der Waals surface area contributed by atoms with E-state index in [1.165, 1.54) is 17.8 Å². The van der Waals surface area contributed by atoms with Crippen molar-refractivity contribution in [3.63, 3.8) is 0 Å². The highest BCUT2D eigenvalue weighted by molar-refractivity contribution is 7.98. The summed E-state index contributed by atoms with van der Waals surface area (Å²) >= 11 is 1.53. The molecule has 0 unspecified atom stereocenters. The van der Waals surface area contributed by atoms with E-state index in [1.807, 2.05) is 12.3 Å². The molecule has 0 bridgehead atoms. The molecule has 16 heavy (non-hydrogen) atoms. The monoisotopic (exact) mass is 241 g/mol. The SMILES string of the molecule is CSc1ccc(OC2CCNCC2)c(F)c1. The summed E-state index contributed by atoms with van der Waals surface area (Å²) in [6, 6.07) is 5.15. The normalized spacial score (nSPS) is 17.4. The quantitative estimate of drug-likeness (QED) is 0.822. The summed E-state index contributed by atoms with van der Waals surface area (Å²) in [4.78, 5) is 0.926. The largest absolute Gasteiger partial charge is 0.487 e. The van der Waals surface area contributed by atoms with Crippen LogP contribution < -0.4 is 10.1 Å². The van der Waals surface area contributed by atoms with Gasteiger partial charge in [-0.15, -0.1) is 11.8 Å². The van der Waals surface area contributed by atoms with Gasteiger partial charge in [0.15, 0.2) is 11.6 Å². The Morgan fingerprint density at radius 3 is 2.75 bits per heavy atom. The van der Waals surface area contributed by atoms with Gasteiger partial charge in [0.05, 0.1) is 0 Å². The minimum atomic E-state index is -0.259. The van der Waals surface area contributed by atoms with E-state index in [2.05, 4.69) is 5.32 Å². The number of hydrogen-bond donors (Lipinski definition) is 1. The molecule has 1 aromatic carbocycles. The summed E-state index contributed by atoms with van der Waals surface area (Å²) < 4.78 is 19.3. The third-order valence-electron chi connectivity index (χ3n) is 2.72. The summed E-state index contributed by atoms with van der Waals surface area (Å²) in [5, 5.41) is 3.26. The minimum absolute atomic E-state index is 0.149. The fourth-order valence-corrected chi connectivity index (χ4v) is 2.22. The lowest BCUT2D eigenvalue weighted by Gasteiger charge is -2.24. The lowest BCUT2D eigenvalue weighted by Crippen LogP contribution is -2.34. The van der Waals surface area contributed by atoms with Crippen molar-refractivity contribution in [2.45, 2.75) is 23.8 Å². The van der Waals surface area contributed by atoms with Crippen LogP contribution in [0.1, 0.15) is 12.8 Å². The van der Waals surface area contributed by atoms with Gasteiger partial charge in [-0.25, -0.2) is 4.39 Å². The predicted octanol–water partition coefficient (Wildman–Crippen LogP) is 2.68. The molecule has 4 heteroatoms. The second-order valence-corrected chi connectivity index (χ2v) is 4.74. The van der Waals surface area contributed by atoms with Crippen LogP contribution in [0.2, 0.25) is 0 Å². The van der Waals surface area contributed by atoms with Crippen molar-refractivity contribution in [2.75, 3.05) is 19.3 Å². The zero-order valence-corrected chi connectivity index (χ0v) is 10.1. The number of rotatable bonds is 3. The highest BCUT2D eigenvalue weighted by atomic mass is 32.2. The van der Waals surface area contributed by atoms with Crippen LogP contribution in [0.25, 0.3) is 0 Å². The Balaban J connectivity index is 2.03. The zero-order chi connectivity index (χ0) is 11.4. The molecule has 0 aromatic heterocycles. The van der Waals surface area contributed by atoms with Gasteiger partial charge in [0.25, 0.3) is 0 Å². The van der Waals surface area contributed by atoms with Gasteiger partial charge >= 0.3 is 0 Å². The second-order valence-electron chi connectivity index (χ2n) is 3.86. The van der Waals surface area contributed by atoms with Gasteiger partial charge in [0.1, 0.15) is 6.10 Å². The average Bonchev–Trinajstić information content (AvgIpc) is 2.33. The van der Waals surface area contributed by atoms with Crippen molar-refractivity contribution in [1.29, 1.82) is 0 Å². The molecule has 0 amide bonds. The van der Waals surface area contributed by atoms with Gasteiger partial charge in [-0.2, -0.15) is 0 Å². The van der Waals surface area contributed by atoms with Crippen molar-refractivity contribution < 1.29 is 9.13 Å². The van der Waals surface area contributed by atoms with Crippen LogP contribution >= 0.6 is 11.8 Å². The molecular formula is C12H16FNOS. The third kappa shape index (κ3) is 2.89. The Kier molecular flexibility index (Phi) is 4.07. The topological polar surface area (TPSA) is 21.3 Å². The Morgan fingerprint density at radius 2 is 2.12 bits per heavy atom. The summed E-state index contributed by atoms with van der Waals surface area (Å²) in [5.74, 6) is 0.120. The molecule has 2 nitrogen and oxygen atoms in total. The van der Waals surface area contributed by atoms with E-state index >= 15 is 0 Å². The lowest BCUT2D eigenvalue weighted by atomic mass is 10.1. The second kappa shape index (κ2) is 5.55. The zero-order valence-electron chi connectivity index (χ0n) is 9.33. The number of ether oxygens (including phenoxy) is 1. The van der Waals surface area contributed by atoms with E-state index in [4.69, 9.17) is 4.74 Å². The molecule has 0 atom stereocenters. The third-order valence-corrected chi connectivity index (χ3v) is 3.44. The van der Waals surface area contributed by atoms with Crippen molar-refractivity contribution in [3.05, 3.63) is 24.0 Å². The maximum Gasteiger partial charge on any atom is 0.166 e. The van der Waals surface area contributed by atoms with Gasteiger partial charge < -0.3 is 10.1 Å². The Bertz CT molecular complexity index is 353. The number of halogens is 1. The Labute approximate surface area is 99.6 Å². The highest BCUT2D eigenvalue weighted by Gasteiger charge is 2.16. The van der Waals surface area contributed by atoms with E-state index in [9.17, 15) is 4.39 Å². The van der Waals surface area contributed by atoms with Crippen LogP contribution in [0, 0.1) is 5.82 Å². The first-order valence-electron chi connectivity index (χ1n) is 5.50. The maximum atomic E-state index is 13.6. The van der Waals surface area contributed by atoms with Gasteiger partial charge in [0.2, 0.25) is 0 Å². The highest BCUT2D eigenvalue weighted by Crippen LogP contribution is 2.25. The summed E-state index contributed by atoms with van der Waals surface area (Å²) in [6.45, 7) is 1.91. The van der Waals surface area contributed by atoms with Crippen LogP contribution in [-0.4, -0.2) is 25.4 Å². The molecule has 0 radical (unpaired) electrons. The summed E-state index contributed by atoms with van der Waals surface area (Å²) in [7, 11) is 0. The van der Waals surface area contributed by atoms with Crippen LogP contribution in [0.5, 0.6) is 5.75 Å². The minimum Gasteiger partial charge on any atom is -0.487 e. The molecule has 1 heterocycles. The molecular weight excluding hydrogens is 225 g/mol. The van der Waals surface area contributed by atoms with Crippen molar-refractivity contribution >= 4 is 11.8 Å². The van der Waals surface area contributed by atoms with Crippen LogP contribution in [0.15, 0.2) is 23.1 Å². The Hall–Kier alpha value is -0.740. The van der Waals surface area contributed by atoms with Crippen LogP contribution in [0.4, 0.5) is 4.39 Å². The molecule has 2 rings (SSSR count). The van der Waals surface area contributed by atoms with Crippen molar-refractivity contribution in [3.8, 4) is 5.75 Å². The van der Waals surface area contributed by atoms with Crippen molar-refractivity contribution in [2.24, 2.45) is 0 Å². The van der Waals surface area contributed by atoms with Gasteiger partial charge in [0, 0.05) is 4.90 Å². The maximum absolute atomic E-state index is 13.6. The molecule has 88 valence electrons. The van der Waals surface area contributed by atoms with Crippen LogP contribution in [0.3, 0.4) is 0 Å². The van der Waals surface area contributed by atoms with E-state index in [1.54, 1.807) is 6.07 Å². The Morgan fingerprint density at radius 1 is 1.38 bits per heavy atom. The number of benzene rings is 1. The first-order chi connectivity index (χ1) is 7.79. The first kappa shape index (κ1) is 11.7. The van der Waals surface area contributed by atoms with E-state index in [0.29, 0.717) is 5.75 Å². The summed E-state index contributed by atoms with van der Waals surface area (Å²) in [5.41, 5.74) is 0. The van der Waals surface area contributed by atoms with E-state index in [-0.39, 0.29) is 11.9 Å². The van der Waals surface area contributed by atoms with Gasteiger partial charge in [-0.1, -0.05) is 0 Å². The molecule has 1 N–H and O–H groups in total. The molecule has 1 aliphatic rings. The molecule has 1 fully saturated rings. The number of nitrogens with one attached hydrogen (secondary N) is 1. The average molecular weight is 241 g/mol. The number of hydrogen-bond acceptors (Lipinski definition) is 3. The predicted molar refractivity (Wildman–Crippen MR) is 64.7 cm³/mol. The fraction of sp³-hybridized carbons (Fsp3) is 0.500. The lowest BCUT2D eigenvalue weighted by molar-refractivity contribution is 0.156. The molecule has 0 saturated carbocycles. The molecule has 1 aliphatic heterocycles. The van der Waals surface area contributed by atoms with Gasteiger partial charge in [-0.05, 0) is 50.4 Å². The first-order valence-corrected chi connectivity index (χ1v) is 6.73. The summed E-state index contributed by atoms with van der Waals surface area (Å²) in [6.07, 6.45) is 3.98. The van der Waals surface area contributed by atoms with Crippen molar-refractivity contribution in [1.82, 2.24) is 5.32 Å². The molecule has 0 spiro atoms. The van der Waals surface area contributed by atoms with Gasteiger partial charge in [-0.3, -0.25) is 0 Å². The smallest absolute Gasteiger partial charge is 0.166 e.